The maximum Gasteiger partial charge on any atom is 0.319 e. The molecule has 1 rings (SSSR count). The van der Waals surface area contributed by atoms with E-state index >= 15 is 0 Å². The lowest BCUT2D eigenvalue weighted by atomic mass is 10.2. The SMILES string of the molecule is CC(Sc1ccc(F)cc1N)C(=O)OC(C)(C)C. The normalized spacial score (nSPS) is 13.2. The van der Waals surface area contributed by atoms with Crippen LogP contribution in [0.2, 0.25) is 0 Å². The van der Waals surface area contributed by atoms with Gasteiger partial charge in [-0.15, -0.1) is 11.8 Å². The van der Waals surface area contributed by atoms with E-state index in [9.17, 15) is 9.18 Å². The number of carbonyl (C=O) groups excluding carboxylic acids is 1. The fourth-order valence-corrected chi connectivity index (χ4v) is 2.12. The predicted octanol–water partition coefficient (Wildman–Crippen LogP) is 3.23. The van der Waals surface area contributed by atoms with E-state index in [1.807, 2.05) is 20.8 Å². The lowest BCUT2D eigenvalue weighted by Crippen LogP contribution is -2.28. The van der Waals surface area contributed by atoms with Gasteiger partial charge in [0.05, 0.1) is 0 Å². The molecule has 0 aliphatic carbocycles. The molecule has 5 heteroatoms. The van der Waals surface area contributed by atoms with Crippen LogP contribution in [0.4, 0.5) is 10.1 Å². The minimum Gasteiger partial charge on any atom is -0.459 e. The summed E-state index contributed by atoms with van der Waals surface area (Å²) < 4.78 is 18.1. The number of benzene rings is 1. The van der Waals surface area contributed by atoms with E-state index in [4.69, 9.17) is 10.5 Å². The van der Waals surface area contributed by atoms with Crippen LogP contribution in [0.1, 0.15) is 27.7 Å². The van der Waals surface area contributed by atoms with Gasteiger partial charge in [-0.25, -0.2) is 4.39 Å². The molecule has 0 saturated carbocycles. The van der Waals surface area contributed by atoms with Crippen molar-refractivity contribution < 1.29 is 13.9 Å². The van der Waals surface area contributed by atoms with Gasteiger partial charge in [-0.2, -0.15) is 0 Å². The van der Waals surface area contributed by atoms with Crippen LogP contribution in [-0.2, 0) is 9.53 Å². The standard InChI is InChI=1S/C13H18FNO2S/c1-8(12(16)17-13(2,3)4)18-11-6-5-9(14)7-10(11)15/h5-8H,15H2,1-4H3. The lowest BCUT2D eigenvalue weighted by molar-refractivity contribution is -0.153. The van der Waals surface area contributed by atoms with E-state index in [2.05, 4.69) is 0 Å². The fraction of sp³-hybridized carbons (Fsp3) is 0.462. The van der Waals surface area contributed by atoms with Gasteiger partial charge in [0.15, 0.2) is 0 Å². The quantitative estimate of drug-likeness (QED) is 0.521. The molecule has 0 amide bonds. The third kappa shape index (κ3) is 4.56. The van der Waals surface area contributed by atoms with Crippen molar-refractivity contribution in [3.8, 4) is 0 Å². The van der Waals surface area contributed by atoms with E-state index in [-0.39, 0.29) is 11.8 Å². The highest BCUT2D eigenvalue weighted by Crippen LogP contribution is 2.30. The molecular weight excluding hydrogens is 253 g/mol. The Labute approximate surface area is 111 Å². The van der Waals surface area contributed by atoms with Crippen LogP contribution in [0.3, 0.4) is 0 Å². The van der Waals surface area contributed by atoms with Gasteiger partial charge in [-0.05, 0) is 45.9 Å². The second-order valence-corrected chi connectivity index (χ2v) is 6.36. The summed E-state index contributed by atoms with van der Waals surface area (Å²) in [5, 5.41) is -0.392. The number of rotatable bonds is 3. The smallest absolute Gasteiger partial charge is 0.319 e. The van der Waals surface area contributed by atoms with Gasteiger partial charge in [0.25, 0.3) is 0 Å². The second-order valence-electron chi connectivity index (χ2n) is 4.98. The van der Waals surface area contributed by atoms with Crippen molar-refractivity contribution in [2.45, 2.75) is 43.4 Å². The summed E-state index contributed by atoms with van der Waals surface area (Å²) in [5.74, 6) is -0.696. The first kappa shape index (κ1) is 14.8. The van der Waals surface area contributed by atoms with Crippen molar-refractivity contribution in [3.05, 3.63) is 24.0 Å². The molecule has 0 heterocycles. The van der Waals surface area contributed by atoms with Gasteiger partial charge in [0.1, 0.15) is 16.7 Å². The van der Waals surface area contributed by atoms with Crippen molar-refractivity contribution in [2.24, 2.45) is 0 Å². The summed E-state index contributed by atoms with van der Waals surface area (Å²) in [5.41, 5.74) is 5.50. The maximum absolute atomic E-state index is 12.9. The zero-order valence-electron chi connectivity index (χ0n) is 11.0. The number of anilines is 1. The van der Waals surface area contributed by atoms with Crippen LogP contribution < -0.4 is 5.73 Å². The molecule has 100 valence electrons. The highest BCUT2D eigenvalue weighted by molar-refractivity contribution is 8.00. The molecule has 0 spiro atoms. The zero-order valence-corrected chi connectivity index (χ0v) is 11.8. The molecule has 0 saturated heterocycles. The number of nitrogens with two attached hydrogens (primary N) is 1. The second kappa shape index (κ2) is 5.61. The molecule has 1 atom stereocenters. The number of hydrogen-bond acceptors (Lipinski definition) is 4. The summed E-state index contributed by atoms with van der Waals surface area (Å²) in [6, 6.07) is 4.13. The minimum atomic E-state index is -0.514. The van der Waals surface area contributed by atoms with Gasteiger partial charge in [0, 0.05) is 10.6 Å². The Bertz CT molecular complexity index is 443. The number of thioether (sulfide) groups is 1. The topological polar surface area (TPSA) is 52.3 Å². The predicted molar refractivity (Wildman–Crippen MR) is 72.0 cm³/mol. The van der Waals surface area contributed by atoms with Crippen molar-refractivity contribution in [1.29, 1.82) is 0 Å². The molecule has 1 aromatic rings. The maximum atomic E-state index is 12.9. The Balaban J connectivity index is 2.69. The number of halogens is 1. The first-order valence-electron chi connectivity index (χ1n) is 5.63. The Kier molecular flexibility index (Phi) is 4.62. The van der Waals surface area contributed by atoms with E-state index in [0.29, 0.717) is 10.6 Å². The molecule has 0 aliphatic heterocycles. The summed E-state index contributed by atoms with van der Waals surface area (Å²) in [4.78, 5) is 12.5. The van der Waals surface area contributed by atoms with Crippen LogP contribution in [0.5, 0.6) is 0 Å². The average molecular weight is 271 g/mol. The van der Waals surface area contributed by atoms with Crippen molar-refractivity contribution in [1.82, 2.24) is 0 Å². The summed E-state index contributed by atoms with van der Waals surface area (Å²) >= 11 is 1.26. The highest BCUT2D eigenvalue weighted by atomic mass is 32.2. The largest absolute Gasteiger partial charge is 0.459 e. The van der Waals surface area contributed by atoms with Crippen LogP contribution in [-0.4, -0.2) is 16.8 Å². The van der Waals surface area contributed by atoms with Gasteiger partial charge in [0.2, 0.25) is 0 Å². The van der Waals surface area contributed by atoms with Crippen LogP contribution in [0, 0.1) is 5.82 Å². The number of nitrogen functional groups attached to an aromatic ring is 1. The van der Waals surface area contributed by atoms with E-state index in [1.165, 1.54) is 23.9 Å². The van der Waals surface area contributed by atoms with Gasteiger partial charge >= 0.3 is 5.97 Å². The third-order valence-electron chi connectivity index (χ3n) is 2.01. The zero-order chi connectivity index (χ0) is 13.9. The molecule has 0 bridgehead atoms. The summed E-state index contributed by atoms with van der Waals surface area (Å²) in [6.07, 6.45) is 0. The average Bonchev–Trinajstić information content (AvgIpc) is 2.19. The molecule has 18 heavy (non-hydrogen) atoms. The van der Waals surface area contributed by atoms with E-state index in [0.717, 1.165) is 0 Å². The molecular formula is C13H18FNO2S. The Morgan fingerprint density at radius 2 is 2.06 bits per heavy atom. The molecule has 2 N–H and O–H groups in total. The fourth-order valence-electron chi connectivity index (χ4n) is 1.25. The lowest BCUT2D eigenvalue weighted by Gasteiger charge is -2.22. The third-order valence-corrected chi connectivity index (χ3v) is 3.19. The Hall–Kier alpha value is -1.23. The van der Waals surface area contributed by atoms with Crippen LogP contribution in [0.25, 0.3) is 0 Å². The van der Waals surface area contributed by atoms with E-state index in [1.54, 1.807) is 13.0 Å². The van der Waals surface area contributed by atoms with Gasteiger partial charge in [-0.1, -0.05) is 0 Å². The van der Waals surface area contributed by atoms with Crippen LogP contribution in [0.15, 0.2) is 23.1 Å². The molecule has 0 radical (unpaired) electrons. The Morgan fingerprint density at radius 1 is 1.44 bits per heavy atom. The van der Waals surface area contributed by atoms with Crippen LogP contribution >= 0.6 is 11.8 Å². The summed E-state index contributed by atoms with van der Waals surface area (Å²) in [6.45, 7) is 7.18. The minimum absolute atomic E-state index is 0.309. The first-order chi connectivity index (χ1) is 8.19. The van der Waals surface area contributed by atoms with Gasteiger partial charge < -0.3 is 10.5 Å². The van der Waals surface area contributed by atoms with Crippen molar-refractivity contribution in [3.63, 3.8) is 0 Å². The van der Waals surface area contributed by atoms with Gasteiger partial charge in [-0.3, -0.25) is 4.79 Å². The highest BCUT2D eigenvalue weighted by Gasteiger charge is 2.23. The number of carbonyl (C=O) groups is 1. The number of esters is 1. The van der Waals surface area contributed by atoms with Crippen molar-refractivity contribution in [2.75, 3.05) is 5.73 Å². The number of hydrogen-bond donors (Lipinski definition) is 1. The molecule has 0 fully saturated rings. The molecule has 1 aromatic carbocycles. The first-order valence-corrected chi connectivity index (χ1v) is 6.51. The van der Waals surface area contributed by atoms with E-state index < -0.39 is 10.9 Å². The number of ether oxygens (including phenoxy) is 1. The molecule has 0 aliphatic rings. The Morgan fingerprint density at radius 3 is 2.56 bits per heavy atom. The summed E-state index contributed by atoms with van der Waals surface area (Å²) in [7, 11) is 0. The molecule has 0 aromatic heterocycles. The van der Waals surface area contributed by atoms with Crippen molar-refractivity contribution >= 4 is 23.4 Å². The molecule has 1 unspecified atom stereocenters. The molecule has 3 nitrogen and oxygen atoms in total. The monoisotopic (exact) mass is 271 g/mol.